The first kappa shape index (κ1) is 13.4. The lowest BCUT2D eigenvalue weighted by Gasteiger charge is -2.07. The summed E-state index contributed by atoms with van der Waals surface area (Å²) in [4.78, 5) is 15.3. The van der Waals surface area contributed by atoms with Crippen molar-refractivity contribution >= 4 is 11.8 Å². The van der Waals surface area contributed by atoms with Gasteiger partial charge in [0, 0.05) is 12.8 Å². The average molecular weight is 238 g/mol. The van der Waals surface area contributed by atoms with Gasteiger partial charge in [0.15, 0.2) is 0 Å². The van der Waals surface area contributed by atoms with Gasteiger partial charge in [0.2, 0.25) is 0 Å². The van der Waals surface area contributed by atoms with Crippen molar-refractivity contribution in [1.82, 2.24) is 4.98 Å². The fourth-order valence-electron chi connectivity index (χ4n) is 1.17. The summed E-state index contributed by atoms with van der Waals surface area (Å²) in [5, 5.41) is 0. The van der Waals surface area contributed by atoms with Gasteiger partial charge in [-0.15, -0.1) is 0 Å². The number of nitrogens with zero attached hydrogens (tertiary/aromatic N) is 1. The predicted octanol–water partition coefficient (Wildman–Crippen LogP) is 1.49. The molecular formula is C12H18N2O3. The van der Waals surface area contributed by atoms with E-state index in [0.29, 0.717) is 30.5 Å². The molecule has 94 valence electrons. The number of nitrogen functional groups attached to an aromatic ring is 1. The molecule has 0 unspecified atom stereocenters. The third-order valence-corrected chi connectivity index (χ3v) is 1.93. The smallest absolute Gasteiger partial charge is 0.338 e. The fourth-order valence-corrected chi connectivity index (χ4v) is 1.17. The van der Waals surface area contributed by atoms with Gasteiger partial charge in [0.1, 0.15) is 12.4 Å². The zero-order chi connectivity index (χ0) is 12.7. The van der Waals surface area contributed by atoms with Gasteiger partial charge >= 0.3 is 5.97 Å². The van der Waals surface area contributed by atoms with Crippen LogP contribution in [0.2, 0.25) is 0 Å². The van der Waals surface area contributed by atoms with Gasteiger partial charge in [-0.1, -0.05) is 13.8 Å². The van der Waals surface area contributed by atoms with Crippen LogP contribution in [0.1, 0.15) is 24.2 Å². The number of pyridine rings is 1. The Morgan fingerprint density at radius 2 is 2.24 bits per heavy atom. The van der Waals surface area contributed by atoms with E-state index in [1.807, 2.05) is 0 Å². The maximum Gasteiger partial charge on any atom is 0.338 e. The highest BCUT2D eigenvalue weighted by molar-refractivity contribution is 5.89. The molecule has 0 spiro atoms. The maximum absolute atomic E-state index is 11.5. The Bertz CT molecular complexity index is 367. The second-order valence-electron chi connectivity index (χ2n) is 4.07. The molecule has 0 aromatic carbocycles. The topological polar surface area (TPSA) is 74.4 Å². The van der Waals surface area contributed by atoms with E-state index in [1.54, 1.807) is 6.07 Å². The van der Waals surface area contributed by atoms with Gasteiger partial charge < -0.3 is 15.2 Å². The number of anilines is 1. The van der Waals surface area contributed by atoms with Crippen LogP contribution in [-0.4, -0.2) is 30.8 Å². The highest BCUT2D eigenvalue weighted by Crippen LogP contribution is 2.04. The van der Waals surface area contributed by atoms with E-state index in [-0.39, 0.29) is 6.61 Å². The summed E-state index contributed by atoms with van der Waals surface area (Å²) < 4.78 is 10.3. The summed E-state index contributed by atoms with van der Waals surface area (Å²) in [5.41, 5.74) is 5.87. The predicted molar refractivity (Wildman–Crippen MR) is 64.6 cm³/mol. The number of ether oxygens (including phenoxy) is 2. The summed E-state index contributed by atoms with van der Waals surface area (Å²) in [6.07, 6.45) is 1.47. The van der Waals surface area contributed by atoms with Crippen LogP contribution in [-0.2, 0) is 9.47 Å². The molecule has 5 heteroatoms. The molecule has 0 amide bonds. The first-order valence-electron chi connectivity index (χ1n) is 5.56. The van der Waals surface area contributed by atoms with E-state index in [1.165, 1.54) is 12.3 Å². The van der Waals surface area contributed by atoms with E-state index in [9.17, 15) is 4.79 Å². The minimum Gasteiger partial charge on any atom is -0.460 e. The minimum atomic E-state index is -0.410. The lowest BCUT2D eigenvalue weighted by atomic mass is 10.2. The van der Waals surface area contributed by atoms with E-state index in [4.69, 9.17) is 15.2 Å². The monoisotopic (exact) mass is 238 g/mol. The van der Waals surface area contributed by atoms with Gasteiger partial charge in [0.25, 0.3) is 0 Å². The zero-order valence-electron chi connectivity index (χ0n) is 10.2. The summed E-state index contributed by atoms with van der Waals surface area (Å²) in [5.74, 6) is 0.369. The van der Waals surface area contributed by atoms with E-state index < -0.39 is 5.97 Å². The number of hydrogen-bond donors (Lipinski definition) is 1. The molecule has 5 nitrogen and oxygen atoms in total. The average Bonchev–Trinajstić information content (AvgIpc) is 2.28. The molecule has 0 fully saturated rings. The third kappa shape index (κ3) is 5.31. The second-order valence-corrected chi connectivity index (χ2v) is 4.07. The minimum absolute atomic E-state index is 0.244. The molecule has 1 aromatic rings. The van der Waals surface area contributed by atoms with Crippen LogP contribution < -0.4 is 5.73 Å². The first-order chi connectivity index (χ1) is 8.09. The number of esters is 1. The highest BCUT2D eigenvalue weighted by atomic mass is 16.6. The van der Waals surface area contributed by atoms with E-state index in [0.717, 1.165) is 0 Å². The highest BCUT2D eigenvalue weighted by Gasteiger charge is 2.07. The normalized spacial score (nSPS) is 10.5. The van der Waals surface area contributed by atoms with Crippen molar-refractivity contribution in [2.45, 2.75) is 13.8 Å². The summed E-state index contributed by atoms with van der Waals surface area (Å²) in [6, 6.07) is 3.05. The standard InChI is InChI=1S/C12H18N2O3/c1-9(2)8-16-5-6-17-12(15)10-3-4-14-11(13)7-10/h3-4,7,9H,5-6,8H2,1-2H3,(H2,13,14). The van der Waals surface area contributed by atoms with Crippen LogP contribution in [0, 0.1) is 5.92 Å². The van der Waals surface area contributed by atoms with Crippen LogP contribution in [0.4, 0.5) is 5.82 Å². The molecule has 0 atom stereocenters. The van der Waals surface area contributed by atoms with Crippen molar-refractivity contribution in [3.05, 3.63) is 23.9 Å². The van der Waals surface area contributed by atoms with Crippen molar-refractivity contribution in [3.8, 4) is 0 Å². The first-order valence-corrected chi connectivity index (χ1v) is 5.56. The molecule has 2 N–H and O–H groups in total. The molecule has 0 aliphatic rings. The molecular weight excluding hydrogens is 220 g/mol. The lowest BCUT2D eigenvalue weighted by molar-refractivity contribution is 0.0277. The molecule has 0 bridgehead atoms. The van der Waals surface area contributed by atoms with Crippen LogP contribution in [0.25, 0.3) is 0 Å². The molecule has 0 radical (unpaired) electrons. The molecule has 0 aliphatic carbocycles. The quantitative estimate of drug-likeness (QED) is 0.600. The number of aromatic nitrogens is 1. The van der Waals surface area contributed by atoms with Gasteiger partial charge in [-0.25, -0.2) is 9.78 Å². The van der Waals surface area contributed by atoms with Gasteiger partial charge in [-0.05, 0) is 18.1 Å². The largest absolute Gasteiger partial charge is 0.460 e. The van der Waals surface area contributed by atoms with Crippen LogP contribution >= 0.6 is 0 Å². The number of carbonyl (C=O) groups is 1. The van der Waals surface area contributed by atoms with E-state index >= 15 is 0 Å². The third-order valence-electron chi connectivity index (χ3n) is 1.93. The number of carbonyl (C=O) groups excluding carboxylic acids is 1. The van der Waals surface area contributed by atoms with Gasteiger partial charge in [-0.3, -0.25) is 0 Å². The molecule has 17 heavy (non-hydrogen) atoms. The van der Waals surface area contributed by atoms with Gasteiger partial charge in [-0.2, -0.15) is 0 Å². The van der Waals surface area contributed by atoms with Crippen molar-refractivity contribution < 1.29 is 14.3 Å². The Kier molecular flexibility index (Phi) is 5.42. The Hall–Kier alpha value is -1.62. The zero-order valence-corrected chi connectivity index (χ0v) is 10.2. The number of hydrogen-bond acceptors (Lipinski definition) is 5. The maximum atomic E-state index is 11.5. The lowest BCUT2D eigenvalue weighted by Crippen LogP contribution is -2.13. The molecule has 0 saturated heterocycles. The van der Waals surface area contributed by atoms with Crippen molar-refractivity contribution in [3.63, 3.8) is 0 Å². The number of nitrogens with two attached hydrogens (primary N) is 1. The molecule has 0 aliphatic heterocycles. The van der Waals surface area contributed by atoms with Crippen molar-refractivity contribution in [1.29, 1.82) is 0 Å². The Labute approximate surface area is 101 Å². The van der Waals surface area contributed by atoms with Crippen LogP contribution in [0.5, 0.6) is 0 Å². The Morgan fingerprint density at radius 1 is 1.47 bits per heavy atom. The van der Waals surface area contributed by atoms with Crippen LogP contribution in [0.15, 0.2) is 18.3 Å². The molecule has 1 heterocycles. The van der Waals surface area contributed by atoms with Crippen molar-refractivity contribution in [2.24, 2.45) is 5.92 Å². The van der Waals surface area contributed by atoms with E-state index in [2.05, 4.69) is 18.8 Å². The molecule has 0 saturated carbocycles. The van der Waals surface area contributed by atoms with Gasteiger partial charge in [0.05, 0.1) is 12.2 Å². The Balaban J connectivity index is 2.26. The van der Waals surface area contributed by atoms with Crippen molar-refractivity contribution in [2.75, 3.05) is 25.6 Å². The summed E-state index contributed by atoms with van der Waals surface area (Å²) in [7, 11) is 0. The second kappa shape index (κ2) is 6.85. The van der Waals surface area contributed by atoms with Crippen LogP contribution in [0.3, 0.4) is 0 Å². The fraction of sp³-hybridized carbons (Fsp3) is 0.500. The SMILES string of the molecule is CC(C)COCCOC(=O)c1ccnc(N)c1. The summed E-state index contributed by atoms with van der Waals surface area (Å²) >= 11 is 0. The molecule has 1 aromatic heterocycles. The molecule has 1 rings (SSSR count). The summed E-state index contributed by atoms with van der Waals surface area (Å²) in [6.45, 7) is 5.44. The number of rotatable bonds is 6. The Morgan fingerprint density at radius 3 is 2.88 bits per heavy atom.